The highest BCUT2D eigenvalue weighted by Crippen LogP contribution is 2.38. The van der Waals surface area contributed by atoms with Gasteiger partial charge in [0.2, 0.25) is 11.8 Å². The smallest absolute Gasteiger partial charge is 0.244 e. The van der Waals surface area contributed by atoms with Crippen molar-refractivity contribution in [2.45, 2.75) is 16.6 Å². The van der Waals surface area contributed by atoms with E-state index in [2.05, 4.69) is 15.6 Å². The molecule has 5 aromatic rings. The third-order valence-electron chi connectivity index (χ3n) is 5.86. The van der Waals surface area contributed by atoms with Crippen LogP contribution in [-0.2, 0) is 16.0 Å². The van der Waals surface area contributed by atoms with Crippen LogP contribution in [0.5, 0.6) is 0 Å². The first-order chi connectivity index (χ1) is 19.4. The summed E-state index contributed by atoms with van der Waals surface area (Å²) in [6.45, 7) is 0. The zero-order valence-corrected chi connectivity index (χ0v) is 24.2. The SMILES string of the molecule is O=C(Cc1ccccc1)Nc1cccc(SC(C(=O)Nc2nc(-c3ccc(Cl)cc3Cl)cs2)c2ccccc2)c1. The number of benzene rings is 4. The van der Waals surface area contributed by atoms with Crippen molar-refractivity contribution in [3.63, 3.8) is 0 Å². The Morgan fingerprint density at radius 1 is 0.850 bits per heavy atom. The Labute approximate surface area is 250 Å². The van der Waals surface area contributed by atoms with Gasteiger partial charge in [-0.3, -0.25) is 9.59 Å². The van der Waals surface area contributed by atoms with Gasteiger partial charge in [0, 0.05) is 26.5 Å². The lowest BCUT2D eigenvalue weighted by atomic mass is 10.1. The fourth-order valence-corrected chi connectivity index (χ4v) is 6.30. The van der Waals surface area contributed by atoms with Crippen LogP contribution in [0.25, 0.3) is 11.3 Å². The molecule has 0 radical (unpaired) electrons. The van der Waals surface area contributed by atoms with E-state index in [0.717, 1.165) is 21.6 Å². The minimum Gasteiger partial charge on any atom is -0.326 e. The van der Waals surface area contributed by atoms with Crippen LogP contribution in [-0.4, -0.2) is 16.8 Å². The van der Waals surface area contributed by atoms with E-state index in [0.29, 0.717) is 26.6 Å². The van der Waals surface area contributed by atoms with Gasteiger partial charge >= 0.3 is 0 Å². The summed E-state index contributed by atoms with van der Waals surface area (Å²) in [5, 5.41) is 8.71. The molecule has 9 heteroatoms. The summed E-state index contributed by atoms with van der Waals surface area (Å²) in [6, 6.07) is 31.9. The molecular formula is C31H23Cl2N3O2S2. The van der Waals surface area contributed by atoms with Crippen LogP contribution >= 0.6 is 46.3 Å². The molecule has 4 aromatic carbocycles. The van der Waals surface area contributed by atoms with Gasteiger partial charge in [-0.1, -0.05) is 89.9 Å². The largest absolute Gasteiger partial charge is 0.326 e. The Balaban J connectivity index is 1.31. The number of thiazole rings is 1. The van der Waals surface area contributed by atoms with E-state index >= 15 is 0 Å². The number of hydrogen-bond acceptors (Lipinski definition) is 5. The first-order valence-corrected chi connectivity index (χ1v) is 14.8. The fraction of sp³-hybridized carbons (Fsp3) is 0.0645. The second-order valence-corrected chi connectivity index (χ2v) is 11.7. The zero-order chi connectivity index (χ0) is 27.9. The molecule has 0 saturated heterocycles. The maximum atomic E-state index is 13.6. The molecule has 0 fully saturated rings. The van der Waals surface area contributed by atoms with Crippen molar-refractivity contribution >= 4 is 68.9 Å². The number of hydrogen-bond donors (Lipinski definition) is 2. The Morgan fingerprint density at radius 3 is 2.35 bits per heavy atom. The number of anilines is 2. The number of carbonyl (C=O) groups excluding carboxylic acids is 2. The number of halogens is 2. The fourth-order valence-electron chi connectivity index (χ4n) is 3.99. The Kier molecular flexibility index (Phi) is 9.19. The summed E-state index contributed by atoms with van der Waals surface area (Å²) in [5.74, 6) is -0.316. The van der Waals surface area contributed by atoms with E-state index in [1.54, 1.807) is 18.2 Å². The number of amides is 2. The van der Waals surface area contributed by atoms with Crippen molar-refractivity contribution in [3.8, 4) is 11.3 Å². The molecule has 1 aromatic heterocycles. The molecule has 0 aliphatic heterocycles. The number of thioether (sulfide) groups is 1. The van der Waals surface area contributed by atoms with Crippen LogP contribution in [0.3, 0.4) is 0 Å². The van der Waals surface area contributed by atoms with E-state index < -0.39 is 5.25 Å². The summed E-state index contributed by atoms with van der Waals surface area (Å²) in [5.41, 5.74) is 3.85. The summed E-state index contributed by atoms with van der Waals surface area (Å²) < 4.78 is 0. The molecular weight excluding hydrogens is 581 g/mol. The molecule has 0 spiro atoms. The van der Waals surface area contributed by atoms with Crippen LogP contribution < -0.4 is 10.6 Å². The molecule has 2 amide bonds. The number of nitrogens with one attached hydrogen (secondary N) is 2. The van der Waals surface area contributed by atoms with Gasteiger partial charge in [-0.2, -0.15) is 0 Å². The second kappa shape index (κ2) is 13.2. The molecule has 2 N–H and O–H groups in total. The topological polar surface area (TPSA) is 71.1 Å². The Hall–Kier alpha value is -3.62. The maximum Gasteiger partial charge on any atom is 0.244 e. The third kappa shape index (κ3) is 7.31. The lowest BCUT2D eigenvalue weighted by Crippen LogP contribution is -2.19. The lowest BCUT2D eigenvalue weighted by molar-refractivity contribution is -0.116. The van der Waals surface area contributed by atoms with Crippen LogP contribution in [0.1, 0.15) is 16.4 Å². The normalized spacial score (nSPS) is 11.6. The number of nitrogens with zero attached hydrogens (tertiary/aromatic N) is 1. The van der Waals surface area contributed by atoms with Crippen molar-refractivity contribution < 1.29 is 9.59 Å². The molecule has 0 aliphatic rings. The number of carbonyl (C=O) groups is 2. The van der Waals surface area contributed by atoms with Gasteiger partial charge in [0.15, 0.2) is 5.13 Å². The number of rotatable bonds is 9. The van der Waals surface area contributed by atoms with Gasteiger partial charge in [-0.05, 0) is 47.5 Å². The molecule has 200 valence electrons. The van der Waals surface area contributed by atoms with Crippen LogP contribution in [0, 0.1) is 0 Å². The summed E-state index contributed by atoms with van der Waals surface area (Å²) in [7, 11) is 0. The first-order valence-electron chi connectivity index (χ1n) is 12.3. The van der Waals surface area contributed by atoms with Gasteiger partial charge < -0.3 is 10.6 Å². The first kappa shape index (κ1) is 27.9. The van der Waals surface area contributed by atoms with Crippen LogP contribution in [0.15, 0.2) is 113 Å². The number of aromatic nitrogens is 1. The molecule has 40 heavy (non-hydrogen) atoms. The van der Waals surface area contributed by atoms with Gasteiger partial charge in [0.1, 0.15) is 5.25 Å². The van der Waals surface area contributed by atoms with Gasteiger partial charge in [-0.15, -0.1) is 23.1 Å². The van der Waals surface area contributed by atoms with Crippen molar-refractivity contribution in [2.24, 2.45) is 0 Å². The van der Waals surface area contributed by atoms with Gasteiger partial charge in [-0.25, -0.2) is 4.98 Å². The predicted molar refractivity (Wildman–Crippen MR) is 166 cm³/mol. The molecule has 0 saturated carbocycles. The summed E-state index contributed by atoms with van der Waals surface area (Å²) in [6.07, 6.45) is 0.282. The van der Waals surface area contributed by atoms with Crippen molar-refractivity contribution in [1.82, 2.24) is 4.98 Å². The Morgan fingerprint density at radius 2 is 1.60 bits per heavy atom. The predicted octanol–water partition coefficient (Wildman–Crippen LogP) is 8.77. The third-order valence-corrected chi connectivity index (χ3v) is 8.41. The lowest BCUT2D eigenvalue weighted by Gasteiger charge is -2.17. The minimum absolute atomic E-state index is 0.105. The molecule has 0 bridgehead atoms. The maximum absolute atomic E-state index is 13.6. The van der Waals surface area contributed by atoms with E-state index in [1.807, 2.05) is 90.3 Å². The molecule has 0 aliphatic carbocycles. The van der Waals surface area contributed by atoms with Crippen LogP contribution in [0.2, 0.25) is 10.0 Å². The highest BCUT2D eigenvalue weighted by molar-refractivity contribution is 8.00. The van der Waals surface area contributed by atoms with Crippen molar-refractivity contribution in [3.05, 3.63) is 130 Å². The van der Waals surface area contributed by atoms with Crippen molar-refractivity contribution in [2.75, 3.05) is 10.6 Å². The monoisotopic (exact) mass is 603 g/mol. The minimum atomic E-state index is -0.553. The van der Waals surface area contributed by atoms with E-state index in [-0.39, 0.29) is 18.2 Å². The van der Waals surface area contributed by atoms with E-state index in [4.69, 9.17) is 23.2 Å². The molecule has 5 nitrogen and oxygen atoms in total. The standard InChI is InChI=1S/C31H23Cl2N3O2S2/c32-22-14-15-25(26(33)17-22)27-19-39-31(35-27)36-30(38)29(21-10-5-2-6-11-21)40-24-13-7-12-23(18-24)34-28(37)16-20-8-3-1-4-9-20/h1-15,17-19,29H,16H2,(H,34,37)(H,35,36,38). The van der Waals surface area contributed by atoms with Gasteiger partial charge in [0.05, 0.1) is 17.1 Å². The summed E-state index contributed by atoms with van der Waals surface area (Å²) in [4.78, 5) is 31.6. The Bertz CT molecular complexity index is 1630. The molecule has 5 rings (SSSR count). The van der Waals surface area contributed by atoms with E-state index in [1.165, 1.54) is 23.1 Å². The summed E-state index contributed by atoms with van der Waals surface area (Å²) >= 11 is 15.1. The second-order valence-electron chi connectivity index (χ2n) is 8.80. The quantitative estimate of drug-likeness (QED) is 0.165. The zero-order valence-electron chi connectivity index (χ0n) is 21.0. The van der Waals surface area contributed by atoms with Gasteiger partial charge in [0.25, 0.3) is 0 Å². The highest BCUT2D eigenvalue weighted by atomic mass is 35.5. The van der Waals surface area contributed by atoms with Crippen molar-refractivity contribution in [1.29, 1.82) is 0 Å². The average Bonchev–Trinajstić information content (AvgIpc) is 3.40. The molecule has 1 atom stereocenters. The van der Waals surface area contributed by atoms with Crippen LogP contribution in [0.4, 0.5) is 10.8 Å². The molecule has 1 unspecified atom stereocenters. The van der Waals surface area contributed by atoms with E-state index in [9.17, 15) is 9.59 Å². The highest BCUT2D eigenvalue weighted by Gasteiger charge is 2.23. The molecule has 1 heterocycles. The average molecular weight is 605 g/mol.